The maximum absolute atomic E-state index is 9.94. The molecule has 3 heteroatoms. The zero-order valence-corrected chi connectivity index (χ0v) is 5.29. The molecule has 52 valence electrons. The highest BCUT2D eigenvalue weighted by Gasteiger charge is 2.11. The van der Waals surface area contributed by atoms with Gasteiger partial charge in [0.2, 0.25) is 0 Å². The van der Waals surface area contributed by atoms with Gasteiger partial charge >= 0.3 is 5.97 Å². The number of carbonyl (C=O) groups is 1. The standard InChI is InChI=1S/C6H10O3/c1-4(2)3-5(7)6(8)9/h5,7H,1,3H2,2H3,(H,8,9)/t5-/m1/s1. The summed E-state index contributed by atoms with van der Waals surface area (Å²) >= 11 is 0. The van der Waals surface area contributed by atoms with Crippen LogP contribution < -0.4 is 0 Å². The lowest BCUT2D eigenvalue weighted by molar-refractivity contribution is -0.146. The van der Waals surface area contributed by atoms with Crippen LogP contribution in [0.25, 0.3) is 0 Å². The Morgan fingerprint density at radius 1 is 1.78 bits per heavy atom. The summed E-state index contributed by atoms with van der Waals surface area (Å²) in [6.45, 7) is 5.13. The van der Waals surface area contributed by atoms with Gasteiger partial charge in [0.25, 0.3) is 0 Å². The van der Waals surface area contributed by atoms with Crippen molar-refractivity contribution >= 4 is 5.97 Å². The van der Waals surface area contributed by atoms with Crippen molar-refractivity contribution in [3.63, 3.8) is 0 Å². The highest BCUT2D eigenvalue weighted by atomic mass is 16.4. The van der Waals surface area contributed by atoms with Gasteiger partial charge in [-0.05, 0) is 6.92 Å². The summed E-state index contributed by atoms with van der Waals surface area (Å²) in [7, 11) is 0. The lowest BCUT2D eigenvalue weighted by Gasteiger charge is -2.02. The van der Waals surface area contributed by atoms with Gasteiger partial charge in [0.15, 0.2) is 6.10 Å². The van der Waals surface area contributed by atoms with Crippen LogP contribution in [0.2, 0.25) is 0 Å². The maximum atomic E-state index is 9.94. The van der Waals surface area contributed by atoms with Crippen LogP contribution in [-0.2, 0) is 4.79 Å². The molecule has 0 radical (unpaired) electrons. The van der Waals surface area contributed by atoms with E-state index in [4.69, 9.17) is 10.2 Å². The second kappa shape index (κ2) is 3.25. The molecule has 0 fully saturated rings. The number of hydrogen-bond acceptors (Lipinski definition) is 2. The quantitative estimate of drug-likeness (QED) is 0.543. The molecule has 0 bridgehead atoms. The van der Waals surface area contributed by atoms with Gasteiger partial charge in [-0.3, -0.25) is 0 Å². The van der Waals surface area contributed by atoms with E-state index < -0.39 is 12.1 Å². The fourth-order valence-electron chi connectivity index (χ4n) is 0.417. The zero-order valence-electron chi connectivity index (χ0n) is 5.29. The minimum atomic E-state index is -1.29. The highest BCUT2D eigenvalue weighted by Crippen LogP contribution is 2.00. The fraction of sp³-hybridized carbons (Fsp3) is 0.500. The molecule has 0 spiro atoms. The third kappa shape index (κ3) is 3.73. The van der Waals surface area contributed by atoms with Gasteiger partial charge in [0.05, 0.1) is 0 Å². The Kier molecular flexibility index (Phi) is 2.95. The first-order valence-corrected chi connectivity index (χ1v) is 2.59. The van der Waals surface area contributed by atoms with Gasteiger partial charge in [-0.1, -0.05) is 5.57 Å². The zero-order chi connectivity index (χ0) is 7.44. The molecule has 0 rings (SSSR count). The fourth-order valence-corrected chi connectivity index (χ4v) is 0.417. The molecule has 0 aliphatic heterocycles. The van der Waals surface area contributed by atoms with Crippen molar-refractivity contribution in [2.45, 2.75) is 19.4 Å². The van der Waals surface area contributed by atoms with Crippen molar-refractivity contribution in [2.24, 2.45) is 0 Å². The van der Waals surface area contributed by atoms with E-state index in [2.05, 4.69) is 6.58 Å². The monoisotopic (exact) mass is 130 g/mol. The number of aliphatic hydroxyl groups is 1. The Balaban J connectivity index is 3.63. The van der Waals surface area contributed by atoms with Crippen LogP contribution in [0.1, 0.15) is 13.3 Å². The second-order valence-corrected chi connectivity index (χ2v) is 2.02. The van der Waals surface area contributed by atoms with E-state index in [1.54, 1.807) is 6.92 Å². The van der Waals surface area contributed by atoms with Crippen LogP contribution in [0, 0.1) is 0 Å². The van der Waals surface area contributed by atoms with E-state index in [1.165, 1.54) is 0 Å². The Hall–Kier alpha value is -0.830. The van der Waals surface area contributed by atoms with E-state index in [1.807, 2.05) is 0 Å². The summed E-state index contributed by atoms with van der Waals surface area (Å²) in [5.74, 6) is -1.20. The molecule has 0 aliphatic carbocycles. The summed E-state index contributed by atoms with van der Waals surface area (Å²) in [5, 5.41) is 16.8. The van der Waals surface area contributed by atoms with E-state index in [0.29, 0.717) is 5.57 Å². The van der Waals surface area contributed by atoms with Crippen molar-refractivity contribution < 1.29 is 15.0 Å². The lowest BCUT2D eigenvalue weighted by atomic mass is 10.1. The van der Waals surface area contributed by atoms with Crippen LogP contribution in [0.5, 0.6) is 0 Å². The van der Waals surface area contributed by atoms with Gasteiger partial charge in [-0.15, -0.1) is 6.58 Å². The van der Waals surface area contributed by atoms with Gasteiger partial charge in [0.1, 0.15) is 0 Å². The summed E-state index contributed by atoms with van der Waals surface area (Å²) in [4.78, 5) is 9.94. The molecular weight excluding hydrogens is 120 g/mol. The number of carboxylic acids is 1. The van der Waals surface area contributed by atoms with Crippen LogP contribution in [0.3, 0.4) is 0 Å². The molecule has 0 saturated heterocycles. The third-order valence-electron chi connectivity index (χ3n) is 0.827. The number of aliphatic carboxylic acids is 1. The summed E-state index contributed by atoms with van der Waals surface area (Å²) < 4.78 is 0. The van der Waals surface area contributed by atoms with Gasteiger partial charge in [0, 0.05) is 6.42 Å². The van der Waals surface area contributed by atoms with Crippen molar-refractivity contribution in [1.29, 1.82) is 0 Å². The third-order valence-corrected chi connectivity index (χ3v) is 0.827. The molecule has 3 nitrogen and oxygen atoms in total. The summed E-state index contributed by atoms with van der Waals surface area (Å²) in [6, 6.07) is 0. The highest BCUT2D eigenvalue weighted by molar-refractivity contribution is 5.72. The molecule has 1 atom stereocenters. The molecule has 0 heterocycles. The van der Waals surface area contributed by atoms with Crippen LogP contribution in [0.4, 0.5) is 0 Å². The molecule has 0 aromatic carbocycles. The van der Waals surface area contributed by atoms with Crippen molar-refractivity contribution in [3.05, 3.63) is 12.2 Å². The molecule has 0 unspecified atom stereocenters. The molecule has 0 amide bonds. The van der Waals surface area contributed by atoms with Crippen molar-refractivity contribution in [1.82, 2.24) is 0 Å². The first kappa shape index (κ1) is 8.17. The molecule has 0 saturated carbocycles. The molecule has 0 aromatic rings. The number of carboxylic acid groups (broad SMARTS) is 1. The Bertz CT molecular complexity index is 128. The Morgan fingerprint density at radius 3 is 2.33 bits per heavy atom. The minimum Gasteiger partial charge on any atom is -0.479 e. The first-order valence-electron chi connectivity index (χ1n) is 2.59. The van der Waals surface area contributed by atoms with Crippen LogP contribution in [0.15, 0.2) is 12.2 Å². The van der Waals surface area contributed by atoms with E-state index in [0.717, 1.165) is 0 Å². The predicted molar refractivity (Wildman–Crippen MR) is 33.1 cm³/mol. The molecule has 9 heavy (non-hydrogen) atoms. The SMILES string of the molecule is C=C(C)C[C@@H](O)C(=O)O. The summed E-state index contributed by atoms with van der Waals surface area (Å²) in [5.41, 5.74) is 0.671. The normalized spacial score (nSPS) is 12.7. The van der Waals surface area contributed by atoms with E-state index in [9.17, 15) is 4.79 Å². The van der Waals surface area contributed by atoms with Crippen molar-refractivity contribution in [3.8, 4) is 0 Å². The number of aliphatic hydroxyl groups excluding tert-OH is 1. The van der Waals surface area contributed by atoms with Gasteiger partial charge in [-0.25, -0.2) is 4.79 Å². The lowest BCUT2D eigenvalue weighted by Crippen LogP contribution is -2.19. The topological polar surface area (TPSA) is 57.5 Å². The molecule has 0 aromatic heterocycles. The average molecular weight is 130 g/mol. The van der Waals surface area contributed by atoms with E-state index >= 15 is 0 Å². The summed E-state index contributed by atoms with van der Waals surface area (Å²) in [6.07, 6.45) is -1.16. The largest absolute Gasteiger partial charge is 0.479 e. The van der Waals surface area contributed by atoms with Crippen LogP contribution in [-0.4, -0.2) is 22.3 Å². The van der Waals surface area contributed by atoms with Crippen molar-refractivity contribution in [2.75, 3.05) is 0 Å². The first-order chi connectivity index (χ1) is 4.04. The number of rotatable bonds is 3. The molecule has 0 aliphatic rings. The minimum absolute atomic E-state index is 0.134. The van der Waals surface area contributed by atoms with E-state index in [-0.39, 0.29) is 6.42 Å². The smallest absolute Gasteiger partial charge is 0.332 e. The van der Waals surface area contributed by atoms with Gasteiger partial charge < -0.3 is 10.2 Å². The Labute approximate surface area is 53.6 Å². The van der Waals surface area contributed by atoms with Gasteiger partial charge in [-0.2, -0.15) is 0 Å². The number of hydrogen-bond donors (Lipinski definition) is 2. The Morgan fingerprint density at radius 2 is 2.22 bits per heavy atom. The predicted octanol–water partition coefficient (Wildman–Crippen LogP) is 0.398. The van der Waals surface area contributed by atoms with Crippen LogP contribution >= 0.6 is 0 Å². The molecule has 2 N–H and O–H groups in total. The average Bonchev–Trinajstić information content (AvgIpc) is 1.63. The maximum Gasteiger partial charge on any atom is 0.332 e. The second-order valence-electron chi connectivity index (χ2n) is 2.02. The molecular formula is C6H10O3.